The number of halogens is 3. The van der Waals surface area contributed by atoms with Gasteiger partial charge in [0, 0.05) is 19.6 Å². The van der Waals surface area contributed by atoms with E-state index in [1.807, 2.05) is 12.1 Å². The van der Waals surface area contributed by atoms with Gasteiger partial charge in [0.15, 0.2) is 0 Å². The first-order valence-corrected chi connectivity index (χ1v) is 9.44. The molecular formula is C23H22F3NO. The maximum atomic E-state index is 13.0. The maximum Gasteiger partial charge on any atom is 0.416 e. The Bertz CT molecular complexity index is 975. The molecule has 28 heavy (non-hydrogen) atoms. The molecule has 0 saturated carbocycles. The van der Waals surface area contributed by atoms with Gasteiger partial charge < -0.3 is 5.11 Å². The van der Waals surface area contributed by atoms with E-state index < -0.39 is 17.3 Å². The molecule has 0 radical (unpaired) electrons. The summed E-state index contributed by atoms with van der Waals surface area (Å²) in [5.41, 5.74) is -0.367. The Morgan fingerprint density at radius 1 is 0.857 bits per heavy atom. The van der Waals surface area contributed by atoms with Crippen LogP contribution in [0.2, 0.25) is 0 Å². The molecule has 3 aromatic carbocycles. The number of nitrogens with zero attached hydrogens (tertiary/aromatic N) is 1. The molecule has 1 aliphatic rings. The minimum absolute atomic E-state index is 0.354. The minimum atomic E-state index is -4.40. The molecule has 1 aliphatic heterocycles. The number of piperidine rings is 1. The number of hydrogen-bond acceptors (Lipinski definition) is 2. The van der Waals surface area contributed by atoms with Crippen LogP contribution in [0.25, 0.3) is 10.8 Å². The first-order valence-electron chi connectivity index (χ1n) is 9.44. The number of benzene rings is 3. The predicted molar refractivity (Wildman–Crippen MR) is 104 cm³/mol. The lowest BCUT2D eigenvalue weighted by molar-refractivity contribution is -0.137. The lowest BCUT2D eigenvalue weighted by Gasteiger charge is -2.38. The van der Waals surface area contributed by atoms with Crippen LogP contribution in [-0.2, 0) is 18.3 Å². The van der Waals surface area contributed by atoms with Crippen molar-refractivity contribution in [1.29, 1.82) is 0 Å². The number of rotatable bonds is 3. The van der Waals surface area contributed by atoms with Crippen LogP contribution in [0.4, 0.5) is 13.2 Å². The summed E-state index contributed by atoms with van der Waals surface area (Å²) < 4.78 is 39.0. The highest BCUT2D eigenvalue weighted by molar-refractivity contribution is 5.82. The molecule has 5 heteroatoms. The lowest BCUT2D eigenvalue weighted by atomic mass is 9.83. The fourth-order valence-corrected chi connectivity index (χ4v) is 3.95. The third kappa shape index (κ3) is 3.91. The molecule has 0 spiro atoms. The summed E-state index contributed by atoms with van der Waals surface area (Å²) in [6, 6.07) is 19.7. The standard InChI is InChI=1S/C23H22F3NO/c24-23(25,26)21-7-3-6-20(15-21)22(28)10-12-27(13-11-22)16-17-8-9-18-4-1-2-5-19(18)14-17/h1-9,14-15,28H,10-13,16H2. The van der Waals surface area contributed by atoms with Gasteiger partial charge in [-0.05, 0) is 52.9 Å². The SMILES string of the molecule is OC1(c2cccc(C(F)(F)F)c2)CCN(Cc2ccc3ccccc3c2)CC1. The van der Waals surface area contributed by atoms with Gasteiger partial charge in [0.2, 0.25) is 0 Å². The van der Waals surface area contributed by atoms with E-state index in [0.717, 1.165) is 18.7 Å². The fourth-order valence-electron chi connectivity index (χ4n) is 3.95. The molecule has 0 unspecified atom stereocenters. The molecule has 1 fully saturated rings. The van der Waals surface area contributed by atoms with Crippen molar-refractivity contribution in [2.75, 3.05) is 13.1 Å². The smallest absolute Gasteiger partial charge is 0.385 e. The molecule has 2 nitrogen and oxygen atoms in total. The second-order valence-electron chi connectivity index (χ2n) is 7.57. The summed E-state index contributed by atoms with van der Waals surface area (Å²) >= 11 is 0. The van der Waals surface area contributed by atoms with E-state index in [1.165, 1.54) is 22.4 Å². The normalized spacial score (nSPS) is 17.7. The van der Waals surface area contributed by atoms with Crippen LogP contribution in [0.15, 0.2) is 66.7 Å². The number of alkyl halides is 3. The van der Waals surface area contributed by atoms with Crippen molar-refractivity contribution in [3.05, 3.63) is 83.4 Å². The predicted octanol–water partition coefficient (Wildman–Crippen LogP) is 5.34. The molecule has 0 amide bonds. The van der Waals surface area contributed by atoms with Crippen molar-refractivity contribution in [3.63, 3.8) is 0 Å². The zero-order chi connectivity index (χ0) is 19.8. The quantitative estimate of drug-likeness (QED) is 0.658. The largest absolute Gasteiger partial charge is 0.416 e. The highest BCUT2D eigenvalue weighted by Gasteiger charge is 2.37. The van der Waals surface area contributed by atoms with E-state index >= 15 is 0 Å². The van der Waals surface area contributed by atoms with E-state index in [0.29, 0.717) is 31.5 Å². The molecule has 3 aromatic rings. The van der Waals surface area contributed by atoms with Crippen LogP contribution in [0, 0.1) is 0 Å². The summed E-state index contributed by atoms with van der Waals surface area (Å²) in [7, 11) is 0. The fraction of sp³-hybridized carbons (Fsp3) is 0.304. The summed E-state index contributed by atoms with van der Waals surface area (Å²) in [4.78, 5) is 2.24. The van der Waals surface area contributed by atoms with Crippen molar-refractivity contribution in [3.8, 4) is 0 Å². The third-order valence-corrected chi connectivity index (χ3v) is 5.63. The monoisotopic (exact) mass is 385 g/mol. The molecule has 1 N–H and O–H groups in total. The van der Waals surface area contributed by atoms with Crippen LogP contribution < -0.4 is 0 Å². The van der Waals surface area contributed by atoms with Crippen LogP contribution in [0.1, 0.15) is 29.5 Å². The molecule has 1 saturated heterocycles. The van der Waals surface area contributed by atoms with Gasteiger partial charge in [-0.15, -0.1) is 0 Å². The lowest BCUT2D eigenvalue weighted by Crippen LogP contribution is -2.42. The van der Waals surface area contributed by atoms with Gasteiger partial charge in [0.05, 0.1) is 11.2 Å². The third-order valence-electron chi connectivity index (χ3n) is 5.63. The zero-order valence-electron chi connectivity index (χ0n) is 15.4. The number of fused-ring (bicyclic) bond motifs is 1. The summed E-state index contributed by atoms with van der Waals surface area (Å²) in [5.74, 6) is 0. The van der Waals surface area contributed by atoms with Crippen molar-refractivity contribution in [2.45, 2.75) is 31.2 Å². The molecule has 0 atom stereocenters. The van der Waals surface area contributed by atoms with Crippen molar-refractivity contribution < 1.29 is 18.3 Å². The van der Waals surface area contributed by atoms with E-state index in [2.05, 4.69) is 35.2 Å². The molecule has 0 aromatic heterocycles. The van der Waals surface area contributed by atoms with Gasteiger partial charge >= 0.3 is 6.18 Å². The molecule has 146 valence electrons. The topological polar surface area (TPSA) is 23.5 Å². The molecule has 0 bridgehead atoms. The van der Waals surface area contributed by atoms with Crippen molar-refractivity contribution in [1.82, 2.24) is 4.90 Å². The van der Waals surface area contributed by atoms with E-state index in [-0.39, 0.29) is 0 Å². The second kappa shape index (κ2) is 7.22. The van der Waals surface area contributed by atoms with Gasteiger partial charge in [-0.2, -0.15) is 13.2 Å². The van der Waals surface area contributed by atoms with E-state index in [9.17, 15) is 18.3 Å². The van der Waals surface area contributed by atoms with Crippen LogP contribution in [0.5, 0.6) is 0 Å². The Hall–Kier alpha value is -2.37. The Morgan fingerprint density at radius 2 is 1.57 bits per heavy atom. The van der Waals surface area contributed by atoms with Crippen LogP contribution in [-0.4, -0.2) is 23.1 Å². The summed E-state index contributed by atoms with van der Waals surface area (Å²) in [6.45, 7) is 2.04. The highest BCUT2D eigenvalue weighted by atomic mass is 19.4. The van der Waals surface area contributed by atoms with Gasteiger partial charge in [0.1, 0.15) is 0 Å². The Morgan fingerprint density at radius 3 is 2.29 bits per heavy atom. The first-order chi connectivity index (χ1) is 13.3. The summed E-state index contributed by atoms with van der Waals surface area (Å²) in [5, 5.41) is 13.4. The first kappa shape index (κ1) is 19.0. The Kier molecular flexibility index (Phi) is 4.89. The van der Waals surface area contributed by atoms with Gasteiger partial charge in [-0.3, -0.25) is 4.90 Å². The Labute approximate surface area is 162 Å². The summed E-state index contributed by atoms with van der Waals surface area (Å²) in [6.07, 6.45) is -3.56. The Balaban J connectivity index is 1.45. The van der Waals surface area contributed by atoms with Crippen molar-refractivity contribution >= 4 is 10.8 Å². The highest BCUT2D eigenvalue weighted by Crippen LogP contribution is 2.37. The molecule has 4 rings (SSSR count). The minimum Gasteiger partial charge on any atom is -0.385 e. The number of likely N-dealkylation sites (tertiary alicyclic amines) is 1. The van der Waals surface area contributed by atoms with E-state index in [4.69, 9.17) is 0 Å². The number of hydrogen-bond donors (Lipinski definition) is 1. The second-order valence-corrected chi connectivity index (χ2v) is 7.57. The molecular weight excluding hydrogens is 363 g/mol. The number of aliphatic hydroxyl groups is 1. The van der Waals surface area contributed by atoms with E-state index in [1.54, 1.807) is 6.07 Å². The average molecular weight is 385 g/mol. The van der Waals surface area contributed by atoms with Gasteiger partial charge in [-0.1, -0.05) is 48.5 Å². The van der Waals surface area contributed by atoms with Gasteiger partial charge in [0.25, 0.3) is 0 Å². The average Bonchev–Trinajstić information content (AvgIpc) is 2.69. The van der Waals surface area contributed by atoms with Crippen molar-refractivity contribution in [2.24, 2.45) is 0 Å². The maximum absolute atomic E-state index is 13.0. The molecule has 1 heterocycles. The zero-order valence-corrected chi connectivity index (χ0v) is 15.4. The molecule has 0 aliphatic carbocycles. The van der Waals surface area contributed by atoms with Gasteiger partial charge in [-0.25, -0.2) is 0 Å². The van der Waals surface area contributed by atoms with Crippen LogP contribution >= 0.6 is 0 Å². The van der Waals surface area contributed by atoms with Crippen LogP contribution in [0.3, 0.4) is 0 Å².